The average Bonchev–Trinajstić information content (AvgIpc) is 2.57. The van der Waals surface area contributed by atoms with E-state index in [2.05, 4.69) is 28.9 Å². The topological polar surface area (TPSA) is 0 Å². The van der Waals surface area contributed by atoms with E-state index in [-0.39, 0.29) is 5.82 Å². The van der Waals surface area contributed by atoms with Gasteiger partial charge in [-0.05, 0) is 66.8 Å². The summed E-state index contributed by atoms with van der Waals surface area (Å²) in [5, 5.41) is 0. The molecule has 2 aromatic rings. The monoisotopic (exact) mass is 374 g/mol. The normalized spacial score (nSPS) is 21.3. The Labute approximate surface area is 147 Å². The molecule has 0 N–H and O–H groups in total. The van der Waals surface area contributed by atoms with Crippen LogP contribution in [0.15, 0.2) is 46.9 Å². The third kappa shape index (κ3) is 4.03. The molecule has 1 aliphatic rings. The summed E-state index contributed by atoms with van der Waals surface area (Å²) in [6.07, 6.45) is 7.65. The Hall–Kier alpha value is -1.15. The molecule has 0 aliphatic heterocycles. The third-order valence-corrected chi connectivity index (χ3v) is 5.69. The van der Waals surface area contributed by atoms with Crippen molar-refractivity contribution in [1.29, 1.82) is 0 Å². The molecule has 2 heteroatoms. The van der Waals surface area contributed by atoms with Crippen LogP contribution in [0.5, 0.6) is 0 Å². The van der Waals surface area contributed by atoms with Gasteiger partial charge in [0.25, 0.3) is 0 Å². The molecular weight excluding hydrogens is 351 g/mol. The summed E-state index contributed by atoms with van der Waals surface area (Å²) in [7, 11) is 0. The van der Waals surface area contributed by atoms with Crippen molar-refractivity contribution in [3.8, 4) is 11.1 Å². The molecule has 1 saturated carbocycles. The van der Waals surface area contributed by atoms with Crippen molar-refractivity contribution >= 4 is 15.9 Å². The fourth-order valence-electron chi connectivity index (χ4n) is 3.84. The summed E-state index contributed by atoms with van der Waals surface area (Å²) in [5.74, 6) is 1.33. The zero-order valence-corrected chi connectivity index (χ0v) is 15.3. The maximum absolute atomic E-state index is 14.6. The second-order valence-corrected chi connectivity index (χ2v) is 7.67. The first-order valence-corrected chi connectivity index (χ1v) is 9.52. The van der Waals surface area contributed by atoms with Gasteiger partial charge in [-0.25, -0.2) is 4.39 Å². The fourth-order valence-corrected chi connectivity index (χ4v) is 4.11. The van der Waals surface area contributed by atoms with Gasteiger partial charge in [0.05, 0.1) is 0 Å². The first-order chi connectivity index (χ1) is 11.2. The van der Waals surface area contributed by atoms with Gasteiger partial charge in [-0.15, -0.1) is 0 Å². The molecule has 2 aromatic carbocycles. The summed E-state index contributed by atoms with van der Waals surface area (Å²) in [6, 6.07) is 13.7. The minimum atomic E-state index is -0.0968. The molecule has 0 atom stereocenters. The van der Waals surface area contributed by atoms with Crippen LogP contribution in [0.2, 0.25) is 0 Å². The molecule has 0 unspecified atom stereocenters. The van der Waals surface area contributed by atoms with E-state index in [9.17, 15) is 4.39 Å². The Morgan fingerprint density at radius 1 is 1.00 bits per heavy atom. The Morgan fingerprint density at radius 3 is 2.30 bits per heavy atom. The number of rotatable bonds is 4. The molecule has 1 fully saturated rings. The second kappa shape index (κ2) is 7.61. The van der Waals surface area contributed by atoms with Crippen LogP contribution in [0.25, 0.3) is 11.1 Å². The minimum absolute atomic E-state index is 0.0968. The van der Waals surface area contributed by atoms with Gasteiger partial charge in [0.1, 0.15) is 5.82 Å². The van der Waals surface area contributed by atoms with Gasteiger partial charge in [-0.3, -0.25) is 0 Å². The van der Waals surface area contributed by atoms with Crippen molar-refractivity contribution in [2.75, 3.05) is 0 Å². The summed E-state index contributed by atoms with van der Waals surface area (Å²) in [5.41, 5.74) is 2.81. The Balaban J connectivity index is 1.74. The van der Waals surface area contributed by atoms with E-state index in [4.69, 9.17) is 0 Å². The lowest BCUT2D eigenvalue weighted by Gasteiger charge is -2.28. The first-order valence-electron chi connectivity index (χ1n) is 8.72. The van der Waals surface area contributed by atoms with Crippen molar-refractivity contribution in [3.05, 3.63) is 58.3 Å². The van der Waals surface area contributed by atoms with Crippen LogP contribution in [0, 0.1) is 11.7 Å². The van der Waals surface area contributed by atoms with Crippen LogP contribution in [0.1, 0.15) is 56.9 Å². The number of benzene rings is 2. The minimum Gasteiger partial charge on any atom is -0.206 e. The maximum atomic E-state index is 14.6. The van der Waals surface area contributed by atoms with Crippen molar-refractivity contribution in [2.24, 2.45) is 5.92 Å². The van der Waals surface area contributed by atoms with Crippen LogP contribution in [0.4, 0.5) is 4.39 Å². The maximum Gasteiger partial charge on any atom is 0.131 e. The van der Waals surface area contributed by atoms with Crippen molar-refractivity contribution in [3.63, 3.8) is 0 Å². The summed E-state index contributed by atoms with van der Waals surface area (Å²) < 4.78 is 15.6. The largest absolute Gasteiger partial charge is 0.206 e. The highest BCUT2D eigenvalue weighted by Gasteiger charge is 2.22. The summed E-state index contributed by atoms with van der Waals surface area (Å²) in [6.45, 7) is 2.27. The van der Waals surface area contributed by atoms with Gasteiger partial charge in [-0.1, -0.05) is 60.0 Å². The van der Waals surface area contributed by atoms with Crippen molar-refractivity contribution < 1.29 is 4.39 Å². The van der Waals surface area contributed by atoms with Gasteiger partial charge in [0, 0.05) is 10.0 Å². The molecule has 0 aromatic heterocycles. The van der Waals surface area contributed by atoms with E-state index in [1.54, 1.807) is 6.07 Å². The van der Waals surface area contributed by atoms with Gasteiger partial charge in [0.2, 0.25) is 0 Å². The van der Waals surface area contributed by atoms with Crippen LogP contribution >= 0.6 is 15.9 Å². The molecule has 23 heavy (non-hydrogen) atoms. The number of hydrogen-bond acceptors (Lipinski definition) is 0. The lowest BCUT2D eigenvalue weighted by molar-refractivity contribution is 0.308. The molecule has 0 heterocycles. The standard InChI is InChI=1S/C21H24BrF/c1-2-3-15-4-6-16(7-5-15)18-10-13-20(21(23)14-18)17-8-11-19(22)12-9-17/h8-16H,2-7H2,1H3. The molecule has 0 radical (unpaired) electrons. The summed E-state index contributed by atoms with van der Waals surface area (Å²) in [4.78, 5) is 0. The molecular formula is C21H24BrF. The van der Waals surface area contributed by atoms with Gasteiger partial charge < -0.3 is 0 Å². The van der Waals surface area contributed by atoms with Crippen LogP contribution in [-0.2, 0) is 0 Å². The SMILES string of the molecule is CCCC1CCC(c2ccc(-c3ccc(Br)cc3)c(F)c2)CC1. The summed E-state index contributed by atoms with van der Waals surface area (Å²) >= 11 is 3.42. The Bertz CT molecular complexity index is 639. The van der Waals surface area contributed by atoms with Crippen LogP contribution < -0.4 is 0 Å². The zero-order valence-electron chi connectivity index (χ0n) is 13.7. The second-order valence-electron chi connectivity index (χ2n) is 6.75. The van der Waals surface area contributed by atoms with E-state index in [0.29, 0.717) is 11.5 Å². The zero-order chi connectivity index (χ0) is 16.2. The predicted molar refractivity (Wildman–Crippen MR) is 99.1 cm³/mol. The molecule has 0 amide bonds. The molecule has 0 nitrogen and oxygen atoms in total. The first kappa shape index (κ1) is 16.7. The lowest BCUT2D eigenvalue weighted by Crippen LogP contribution is -2.13. The van der Waals surface area contributed by atoms with Crippen LogP contribution in [0.3, 0.4) is 0 Å². The molecule has 0 bridgehead atoms. The highest BCUT2D eigenvalue weighted by atomic mass is 79.9. The predicted octanol–water partition coefficient (Wildman–Crippen LogP) is 7.33. The van der Waals surface area contributed by atoms with E-state index in [0.717, 1.165) is 16.0 Å². The van der Waals surface area contributed by atoms with E-state index in [1.165, 1.54) is 44.1 Å². The van der Waals surface area contributed by atoms with Gasteiger partial charge >= 0.3 is 0 Å². The fraction of sp³-hybridized carbons (Fsp3) is 0.429. The molecule has 1 aliphatic carbocycles. The van der Waals surface area contributed by atoms with Crippen LogP contribution in [-0.4, -0.2) is 0 Å². The third-order valence-electron chi connectivity index (χ3n) is 5.16. The smallest absolute Gasteiger partial charge is 0.131 e. The molecule has 122 valence electrons. The average molecular weight is 375 g/mol. The molecule has 0 spiro atoms. The van der Waals surface area contributed by atoms with E-state index in [1.807, 2.05) is 30.3 Å². The van der Waals surface area contributed by atoms with Crippen molar-refractivity contribution in [1.82, 2.24) is 0 Å². The van der Waals surface area contributed by atoms with Gasteiger partial charge in [0.15, 0.2) is 0 Å². The molecule has 0 saturated heterocycles. The quantitative estimate of drug-likeness (QED) is 0.525. The Kier molecular flexibility index (Phi) is 5.53. The Morgan fingerprint density at radius 2 is 1.70 bits per heavy atom. The molecule has 3 rings (SSSR count). The highest BCUT2D eigenvalue weighted by molar-refractivity contribution is 9.10. The van der Waals surface area contributed by atoms with Crippen molar-refractivity contribution in [2.45, 2.75) is 51.4 Å². The number of halogens is 2. The van der Waals surface area contributed by atoms with Gasteiger partial charge in [-0.2, -0.15) is 0 Å². The highest BCUT2D eigenvalue weighted by Crippen LogP contribution is 2.38. The lowest BCUT2D eigenvalue weighted by atomic mass is 9.77. The number of hydrogen-bond donors (Lipinski definition) is 0. The van der Waals surface area contributed by atoms with E-state index < -0.39 is 0 Å². The van der Waals surface area contributed by atoms with E-state index >= 15 is 0 Å².